The summed E-state index contributed by atoms with van der Waals surface area (Å²) in [5.74, 6) is -0.205. The van der Waals surface area contributed by atoms with Crippen LogP contribution in [0, 0.1) is 11.3 Å². The third-order valence-corrected chi connectivity index (χ3v) is 8.36. The topological polar surface area (TPSA) is 112 Å². The highest BCUT2D eigenvalue weighted by Gasteiger charge is 2.30. The molecule has 1 unspecified atom stereocenters. The molecule has 1 atom stereocenters. The average molecular weight is 557 g/mol. The van der Waals surface area contributed by atoms with Crippen molar-refractivity contribution in [2.75, 3.05) is 17.2 Å². The van der Waals surface area contributed by atoms with Gasteiger partial charge in [0.1, 0.15) is 16.7 Å². The number of fused-ring (bicyclic) bond motifs is 1. The van der Waals surface area contributed by atoms with E-state index in [9.17, 15) is 19.6 Å². The quantitative estimate of drug-likeness (QED) is 0.339. The minimum Gasteiger partial charge on any atom is -0.444 e. The van der Waals surface area contributed by atoms with Crippen LogP contribution in [0.15, 0.2) is 29.2 Å². The molecule has 0 bridgehead atoms. The lowest BCUT2D eigenvalue weighted by Crippen LogP contribution is -2.39. The van der Waals surface area contributed by atoms with Crippen molar-refractivity contribution in [3.05, 3.63) is 40.3 Å². The molecule has 0 saturated carbocycles. The Hall–Kier alpha value is -3.03. The SMILES string of the molecule is CCCCC(=O)Nc1cccc(SC(CC)C(=O)Nc2sc3c(c2C#N)CCN(C(=O)OC(C)(C)C)C3)c1. The van der Waals surface area contributed by atoms with Crippen LogP contribution in [0.3, 0.4) is 0 Å². The van der Waals surface area contributed by atoms with Gasteiger partial charge in [-0.25, -0.2) is 4.79 Å². The first kappa shape index (κ1) is 29.5. The minimum atomic E-state index is -0.587. The number of unbranched alkanes of at least 4 members (excludes halogenated alkanes) is 1. The second-order valence-corrected chi connectivity index (χ2v) is 12.5. The average Bonchev–Trinajstić information content (AvgIpc) is 3.21. The third kappa shape index (κ3) is 7.98. The zero-order valence-electron chi connectivity index (χ0n) is 22.7. The van der Waals surface area contributed by atoms with Gasteiger partial charge in [0, 0.05) is 28.4 Å². The zero-order valence-corrected chi connectivity index (χ0v) is 24.3. The van der Waals surface area contributed by atoms with Crippen LogP contribution in [0.2, 0.25) is 0 Å². The molecule has 3 rings (SSSR count). The van der Waals surface area contributed by atoms with Crippen molar-refractivity contribution in [1.82, 2.24) is 4.90 Å². The Labute approximate surface area is 233 Å². The second-order valence-electron chi connectivity index (χ2n) is 10.2. The fraction of sp³-hybridized carbons (Fsp3) is 0.500. The first-order valence-corrected chi connectivity index (χ1v) is 14.6. The normalized spacial score (nSPS) is 13.7. The summed E-state index contributed by atoms with van der Waals surface area (Å²) in [6.07, 6.45) is 3.02. The smallest absolute Gasteiger partial charge is 0.410 e. The van der Waals surface area contributed by atoms with Gasteiger partial charge in [-0.15, -0.1) is 23.1 Å². The molecule has 0 radical (unpaired) electrons. The Morgan fingerprint density at radius 3 is 2.66 bits per heavy atom. The number of anilines is 2. The Morgan fingerprint density at radius 2 is 2.00 bits per heavy atom. The molecule has 0 aliphatic carbocycles. The van der Waals surface area contributed by atoms with Crippen LogP contribution in [0.5, 0.6) is 0 Å². The van der Waals surface area contributed by atoms with E-state index in [1.54, 1.807) is 4.90 Å². The molecule has 38 heavy (non-hydrogen) atoms. The molecule has 10 heteroatoms. The van der Waals surface area contributed by atoms with Gasteiger partial charge in [0.25, 0.3) is 0 Å². The number of benzene rings is 1. The summed E-state index contributed by atoms with van der Waals surface area (Å²) < 4.78 is 5.50. The molecule has 2 aromatic rings. The zero-order chi connectivity index (χ0) is 27.9. The van der Waals surface area contributed by atoms with Crippen molar-refractivity contribution >= 4 is 51.7 Å². The van der Waals surface area contributed by atoms with E-state index in [1.807, 2.05) is 58.9 Å². The fourth-order valence-corrected chi connectivity index (χ4v) is 6.21. The van der Waals surface area contributed by atoms with Crippen molar-refractivity contribution in [1.29, 1.82) is 5.26 Å². The maximum Gasteiger partial charge on any atom is 0.410 e. The molecular formula is C28H36N4O4S2. The third-order valence-electron chi connectivity index (χ3n) is 5.87. The summed E-state index contributed by atoms with van der Waals surface area (Å²) in [4.78, 5) is 41.3. The van der Waals surface area contributed by atoms with Gasteiger partial charge in [-0.2, -0.15) is 5.26 Å². The molecule has 3 amide bonds. The highest BCUT2D eigenvalue weighted by molar-refractivity contribution is 8.00. The van der Waals surface area contributed by atoms with Crippen LogP contribution in [-0.4, -0.2) is 40.2 Å². The lowest BCUT2D eigenvalue weighted by molar-refractivity contribution is -0.116. The first-order chi connectivity index (χ1) is 18.0. The van der Waals surface area contributed by atoms with Crippen molar-refractivity contribution in [3.63, 3.8) is 0 Å². The van der Waals surface area contributed by atoms with Crippen LogP contribution in [0.25, 0.3) is 0 Å². The van der Waals surface area contributed by atoms with E-state index in [-0.39, 0.29) is 23.2 Å². The number of amides is 3. The van der Waals surface area contributed by atoms with Crippen molar-refractivity contribution in [2.45, 2.75) is 89.0 Å². The van der Waals surface area contributed by atoms with E-state index in [2.05, 4.69) is 16.7 Å². The molecule has 0 saturated heterocycles. The Bertz CT molecular complexity index is 1210. The second kappa shape index (κ2) is 13.2. The lowest BCUT2D eigenvalue weighted by atomic mass is 10.0. The van der Waals surface area contributed by atoms with Crippen LogP contribution in [0.4, 0.5) is 15.5 Å². The maximum atomic E-state index is 13.3. The number of nitriles is 1. The number of carbonyl (C=O) groups is 3. The van der Waals surface area contributed by atoms with Gasteiger partial charge >= 0.3 is 6.09 Å². The molecule has 204 valence electrons. The molecule has 1 aliphatic heterocycles. The number of rotatable bonds is 9. The largest absolute Gasteiger partial charge is 0.444 e. The lowest BCUT2D eigenvalue weighted by Gasteiger charge is -2.29. The summed E-state index contributed by atoms with van der Waals surface area (Å²) in [7, 11) is 0. The van der Waals surface area contributed by atoms with E-state index < -0.39 is 5.60 Å². The minimum absolute atomic E-state index is 0.0188. The van der Waals surface area contributed by atoms with Gasteiger partial charge in [0.05, 0.1) is 17.4 Å². The van der Waals surface area contributed by atoms with Gasteiger partial charge in [-0.05, 0) is 63.8 Å². The standard InChI is InChI=1S/C28H36N4O4S2/c1-6-8-12-24(33)30-18-10-9-11-19(15-18)37-22(7-2)25(34)31-26-21(16-29)20-13-14-32(17-23(20)38-26)27(35)36-28(3,4)5/h9-11,15,22H,6-8,12-14,17H2,1-5H3,(H,30,33)(H,31,34). The molecular weight excluding hydrogens is 520 g/mol. The summed E-state index contributed by atoms with van der Waals surface area (Å²) in [5.41, 5.74) is 1.48. The van der Waals surface area contributed by atoms with E-state index in [0.29, 0.717) is 48.6 Å². The fourth-order valence-electron chi connectivity index (χ4n) is 3.98. The molecule has 1 aliphatic rings. The highest BCUT2D eigenvalue weighted by atomic mass is 32.2. The van der Waals surface area contributed by atoms with Crippen LogP contribution in [0.1, 0.15) is 76.3 Å². The number of ether oxygens (including phenoxy) is 1. The predicted molar refractivity (Wildman–Crippen MR) is 153 cm³/mol. The Kier molecular flexibility index (Phi) is 10.2. The van der Waals surface area contributed by atoms with Gasteiger partial charge in [-0.3, -0.25) is 9.59 Å². The number of thioether (sulfide) groups is 1. The summed E-state index contributed by atoms with van der Waals surface area (Å²) in [5, 5.41) is 15.9. The molecule has 1 aromatic heterocycles. The van der Waals surface area contributed by atoms with E-state index in [4.69, 9.17) is 4.74 Å². The number of carbonyl (C=O) groups excluding carboxylic acids is 3. The molecule has 2 N–H and O–H groups in total. The van der Waals surface area contributed by atoms with E-state index >= 15 is 0 Å². The molecule has 0 fully saturated rings. The molecule has 2 heterocycles. The van der Waals surface area contributed by atoms with Gasteiger partial charge in [0.15, 0.2) is 0 Å². The molecule has 8 nitrogen and oxygen atoms in total. The van der Waals surface area contributed by atoms with E-state index in [1.165, 1.54) is 23.1 Å². The number of nitrogens with one attached hydrogen (secondary N) is 2. The first-order valence-electron chi connectivity index (χ1n) is 12.9. The Balaban J connectivity index is 1.69. The van der Waals surface area contributed by atoms with Crippen molar-refractivity contribution in [2.24, 2.45) is 0 Å². The Morgan fingerprint density at radius 1 is 1.24 bits per heavy atom. The number of hydrogen-bond donors (Lipinski definition) is 2. The maximum absolute atomic E-state index is 13.3. The molecule has 1 aromatic carbocycles. The van der Waals surface area contributed by atoms with Crippen LogP contribution >= 0.6 is 23.1 Å². The van der Waals surface area contributed by atoms with Crippen LogP contribution < -0.4 is 10.6 Å². The van der Waals surface area contributed by atoms with Crippen LogP contribution in [-0.2, 0) is 27.3 Å². The highest BCUT2D eigenvalue weighted by Crippen LogP contribution is 2.38. The monoisotopic (exact) mass is 556 g/mol. The van der Waals surface area contributed by atoms with Crippen molar-refractivity contribution in [3.8, 4) is 6.07 Å². The van der Waals surface area contributed by atoms with E-state index in [0.717, 1.165) is 28.2 Å². The van der Waals surface area contributed by atoms with Gasteiger partial charge in [-0.1, -0.05) is 26.3 Å². The van der Waals surface area contributed by atoms with Gasteiger partial charge < -0.3 is 20.3 Å². The number of nitrogens with zero attached hydrogens (tertiary/aromatic N) is 2. The summed E-state index contributed by atoms with van der Waals surface area (Å²) in [6, 6.07) is 9.74. The number of hydrogen-bond acceptors (Lipinski definition) is 7. The molecule has 0 spiro atoms. The van der Waals surface area contributed by atoms with Crippen molar-refractivity contribution < 1.29 is 19.1 Å². The summed E-state index contributed by atoms with van der Waals surface area (Å²) >= 11 is 2.77. The van der Waals surface area contributed by atoms with Gasteiger partial charge in [0.2, 0.25) is 11.8 Å². The predicted octanol–water partition coefficient (Wildman–Crippen LogP) is 6.55. The summed E-state index contributed by atoms with van der Waals surface area (Å²) in [6.45, 7) is 10.3. The number of thiophene rings is 1.